The summed E-state index contributed by atoms with van der Waals surface area (Å²) in [5.41, 5.74) is 1.80. The Balaban J connectivity index is 1.60. The molecule has 0 saturated heterocycles. The molecule has 0 spiro atoms. The van der Waals surface area contributed by atoms with Crippen LogP contribution in [-0.4, -0.2) is 55.0 Å². The van der Waals surface area contributed by atoms with Crippen molar-refractivity contribution in [2.24, 2.45) is 0 Å². The van der Waals surface area contributed by atoms with Gasteiger partial charge in [-0.25, -0.2) is 12.7 Å². The number of hydrogen-bond acceptors (Lipinski definition) is 5. The molecule has 1 atom stereocenters. The number of nitrogens with zero attached hydrogens (tertiary/aromatic N) is 2. The molecule has 1 N–H and O–H groups in total. The standard InChI is InChI=1S/C27H27N3O5S/c1-28-26(32)23(18-20-10-4-2-5-11-20)29(19-21-12-6-3-7-13-21)25(31)16-17-30-27(33)22-14-8-9-15-24(22)36(30,34)35/h2-15,23H,16-19H2,1H3,(H,28,32). The van der Waals surface area contributed by atoms with E-state index in [1.165, 1.54) is 24.1 Å². The van der Waals surface area contributed by atoms with Crippen LogP contribution in [0.1, 0.15) is 27.9 Å². The molecule has 1 unspecified atom stereocenters. The summed E-state index contributed by atoms with van der Waals surface area (Å²) in [4.78, 5) is 40.7. The molecule has 0 aromatic heterocycles. The van der Waals surface area contributed by atoms with Crippen LogP contribution in [0.3, 0.4) is 0 Å². The molecule has 0 bridgehead atoms. The van der Waals surface area contributed by atoms with E-state index in [4.69, 9.17) is 0 Å². The van der Waals surface area contributed by atoms with Crippen LogP contribution in [-0.2, 0) is 32.6 Å². The van der Waals surface area contributed by atoms with E-state index in [1.807, 2.05) is 60.7 Å². The van der Waals surface area contributed by atoms with Crippen LogP contribution in [0.4, 0.5) is 0 Å². The normalized spacial score (nSPS) is 14.7. The van der Waals surface area contributed by atoms with Gasteiger partial charge in [-0.05, 0) is 23.3 Å². The second-order valence-corrected chi connectivity index (χ2v) is 10.3. The van der Waals surface area contributed by atoms with Gasteiger partial charge in [0, 0.05) is 33.0 Å². The second kappa shape index (κ2) is 10.7. The van der Waals surface area contributed by atoms with E-state index in [0.717, 1.165) is 15.4 Å². The summed E-state index contributed by atoms with van der Waals surface area (Å²) < 4.78 is 26.6. The number of nitrogens with one attached hydrogen (secondary N) is 1. The molecule has 0 radical (unpaired) electrons. The Morgan fingerprint density at radius 2 is 1.47 bits per heavy atom. The summed E-state index contributed by atoms with van der Waals surface area (Å²) in [7, 11) is -2.52. The van der Waals surface area contributed by atoms with Crippen LogP contribution >= 0.6 is 0 Å². The minimum absolute atomic E-state index is 0.0593. The highest BCUT2D eigenvalue weighted by Gasteiger charge is 2.41. The van der Waals surface area contributed by atoms with Crippen LogP contribution in [0.25, 0.3) is 0 Å². The SMILES string of the molecule is CNC(=O)C(Cc1ccccc1)N(Cc1ccccc1)C(=O)CCN1C(=O)c2ccccc2S1(=O)=O. The molecule has 1 heterocycles. The number of rotatable bonds is 9. The third-order valence-corrected chi connectivity index (χ3v) is 7.99. The summed E-state index contributed by atoms with van der Waals surface area (Å²) in [6, 6.07) is 23.8. The van der Waals surface area contributed by atoms with Crippen molar-refractivity contribution in [1.29, 1.82) is 0 Å². The number of fused-ring (bicyclic) bond motifs is 1. The average molecular weight is 506 g/mol. The minimum atomic E-state index is -4.03. The van der Waals surface area contributed by atoms with E-state index in [1.54, 1.807) is 12.1 Å². The fourth-order valence-corrected chi connectivity index (χ4v) is 5.86. The van der Waals surface area contributed by atoms with E-state index >= 15 is 0 Å². The zero-order valence-corrected chi connectivity index (χ0v) is 20.6. The minimum Gasteiger partial charge on any atom is -0.357 e. The Kier molecular flexibility index (Phi) is 7.49. The predicted molar refractivity (Wildman–Crippen MR) is 134 cm³/mol. The van der Waals surface area contributed by atoms with Gasteiger partial charge >= 0.3 is 0 Å². The van der Waals surface area contributed by atoms with Gasteiger partial charge in [-0.1, -0.05) is 72.8 Å². The van der Waals surface area contributed by atoms with E-state index < -0.39 is 27.9 Å². The average Bonchev–Trinajstić information content (AvgIpc) is 3.10. The van der Waals surface area contributed by atoms with E-state index in [9.17, 15) is 22.8 Å². The molecule has 3 amide bonds. The van der Waals surface area contributed by atoms with Gasteiger partial charge in [0.1, 0.15) is 10.9 Å². The summed E-state index contributed by atoms with van der Waals surface area (Å²) in [6.45, 7) is -0.155. The molecule has 9 heteroatoms. The molecule has 0 aliphatic carbocycles. The fourth-order valence-electron chi connectivity index (χ4n) is 4.29. The molecule has 0 fully saturated rings. The van der Waals surface area contributed by atoms with Crippen LogP contribution in [0.5, 0.6) is 0 Å². The Labute approximate surface area is 210 Å². The van der Waals surface area contributed by atoms with Crippen molar-refractivity contribution in [3.05, 3.63) is 102 Å². The highest BCUT2D eigenvalue weighted by atomic mass is 32.2. The van der Waals surface area contributed by atoms with Gasteiger partial charge in [-0.15, -0.1) is 0 Å². The van der Waals surface area contributed by atoms with Gasteiger partial charge in [-0.2, -0.15) is 0 Å². The van der Waals surface area contributed by atoms with Gasteiger partial charge in [-0.3, -0.25) is 14.4 Å². The van der Waals surface area contributed by atoms with Crippen molar-refractivity contribution < 1.29 is 22.8 Å². The number of sulfonamides is 1. The summed E-state index contributed by atoms with van der Waals surface area (Å²) in [5.74, 6) is -1.41. The van der Waals surface area contributed by atoms with Gasteiger partial charge < -0.3 is 10.2 Å². The maximum Gasteiger partial charge on any atom is 0.269 e. The van der Waals surface area contributed by atoms with Gasteiger partial charge in [0.05, 0.1) is 5.56 Å². The molecule has 1 aliphatic heterocycles. The lowest BCUT2D eigenvalue weighted by Crippen LogP contribution is -2.50. The monoisotopic (exact) mass is 505 g/mol. The van der Waals surface area contributed by atoms with Crippen molar-refractivity contribution >= 4 is 27.7 Å². The molecule has 36 heavy (non-hydrogen) atoms. The maximum absolute atomic E-state index is 13.6. The van der Waals surface area contributed by atoms with Crippen molar-refractivity contribution in [3.63, 3.8) is 0 Å². The first-order valence-electron chi connectivity index (χ1n) is 11.6. The van der Waals surface area contributed by atoms with Crippen molar-refractivity contribution in [1.82, 2.24) is 14.5 Å². The van der Waals surface area contributed by atoms with E-state index in [2.05, 4.69) is 5.32 Å². The lowest BCUT2D eigenvalue weighted by molar-refractivity contribution is -0.141. The smallest absolute Gasteiger partial charge is 0.269 e. The molecular formula is C27H27N3O5S. The number of carbonyl (C=O) groups excluding carboxylic acids is 3. The molecule has 4 rings (SSSR count). The molecule has 186 valence electrons. The third-order valence-electron chi connectivity index (χ3n) is 6.15. The summed E-state index contributed by atoms with van der Waals surface area (Å²) in [5, 5.41) is 2.64. The molecule has 8 nitrogen and oxygen atoms in total. The van der Waals surface area contributed by atoms with Gasteiger partial charge in [0.15, 0.2) is 0 Å². The Morgan fingerprint density at radius 3 is 2.08 bits per heavy atom. The van der Waals surface area contributed by atoms with Crippen LogP contribution < -0.4 is 5.32 Å². The van der Waals surface area contributed by atoms with Crippen molar-refractivity contribution in [3.8, 4) is 0 Å². The van der Waals surface area contributed by atoms with Crippen molar-refractivity contribution in [2.45, 2.75) is 30.3 Å². The van der Waals surface area contributed by atoms with Crippen LogP contribution in [0.15, 0.2) is 89.8 Å². The lowest BCUT2D eigenvalue weighted by atomic mass is 10.0. The molecular weight excluding hydrogens is 478 g/mol. The Hall–Kier alpha value is -3.98. The summed E-state index contributed by atoms with van der Waals surface area (Å²) >= 11 is 0. The Bertz CT molecular complexity index is 1360. The quantitative estimate of drug-likeness (QED) is 0.482. The first kappa shape index (κ1) is 25.1. The molecule has 0 saturated carbocycles. The highest BCUT2D eigenvalue weighted by molar-refractivity contribution is 7.90. The maximum atomic E-state index is 13.6. The molecule has 3 aromatic carbocycles. The third kappa shape index (κ3) is 5.16. The number of likely N-dealkylation sites (N-methyl/N-ethyl adjacent to an activating group) is 1. The fraction of sp³-hybridized carbons (Fsp3) is 0.222. The van der Waals surface area contributed by atoms with Gasteiger partial charge in [0.25, 0.3) is 15.9 Å². The number of carbonyl (C=O) groups is 3. The zero-order valence-electron chi connectivity index (χ0n) is 19.8. The predicted octanol–water partition coefficient (Wildman–Crippen LogP) is 2.61. The van der Waals surface area contributed by atoms with E-state index in [0.29, 0.717) is 0 Å². The lowest BCUT2D eigenvalue weighted by Gasteiger charge is -2.31. The zero-order chi connectivity index (χ0) is 25.7. The van der Waals surface area contributed by atoms with Crippen LogP contribution in [0.2, 0.25) is 0 Å². The van der Waals surface area contributed by atoms with Gasteiger partial charge in [0.2, 0.25) is 11.8 Å². The molecule has 3 aromatic rings. The van der Waals surface area contributed by atoms with E-state index in [-0.39, 0.29) is 42.3 Å². The summed E-state index contributed by atoms with van der Waals surface area (Å²) in [6.07, 6.45) is 0.0273. The molecule has 1 aliphatic rings. The highest BCUT2D eigenvalue weighted by Crippen LogP contribution is 2.30. The topological polar surface area (TPSA) is 104 Å². The first-order chi connectivity index (χ1) is 17.3. The largest absolute Gasteiger partial charge is 0.357 e. The first-order valence-corrected chi connectivity index (χ1v) is 13.0. The Morgan fingerprint density at radius 1 is 0.889 bits per heavy atom. The van der Waals surface area contributed by atoms with Crippen molar-refractivity contribution in [2.75, 3.05) is 13.6 Å². The number of hydrogen-bond donors (Lipinski definition) is 1. The number of benzene rings is 3. The number of amides is 3. The second-order valence-electron chi connectivity index (χ2n) is 8.46. The van der Waals surface area contributed by atoms with Crippen LogP contribution in [0, 0.1) is 0 Å².